The van der Waals surface area contributed by atoms with Gasteiger partial charge in [-0.1, -0.05) is 6.07 Å². The number of anilines is 6. The number of hydrogen-bond acceptors (Lipinski definition) is 9. The largest absolute Gasteiger partial charge is 0.384 e. The van der Waals surface area contributed by atoms with Gasteiger partial charge in [-0.2, -0.15) is 4.98 Å². The molecule has 10 heteroatoms. The highest BCUT2D eigenvalue weighted by molar-refractivity contribution is 5.99. The van der Waals surface area contributed by atoms with E-state index in [1.807, 2.05) is 38.1 Å². The average molecular weight is 449 g/mol. The van der Waals surface area contributed by atoms with Gasteiger partial charge in [0, 0.05) is 36.7 Å². The molecule has 3 heterocycles. The van der Waals surface area contributed by atoms with Gasteiger partial charge in [0.2, 0.25) is 5.95 Å². The molecule has 3 aromatic rings. The number of nitrogens with zero attached hydrogens (tertiary/aromatic N) is 4. The monoisotopic (exact) mass is 448 g/mol. The van der Waals surface area contributed by atoms with Gasteiger partial charge in [-0.3, -0.25) is 4.79 Å². The molecule has 1 aromatic carbocycles. The standard InChI is InChI=1S/C23H28N8O2/c1-15(2)26-22(32)18-14-25-23(30-21(18)29-20-5-3-4-19(24)28-20)27-16-6-8-17(9-7-16)31-10-12-33-13-11-31/h3-9,14-15H,10-13H2,1-2H3,(H,26,32)(H4,24,25,27,28,29,30). The Morgan fingerprint density at radius 2 is 1.82 bits per heavy atom. The van der Waals surface area contributed by atoms with Crippen LogP contribution >= 0.6 is 0 Å². The van der Waals surface area contributed by atoms with E-state index in [0.717, 1.165) is 37.7 Å². The van der Waals surface area contributed by atoms with E-state index in [-0.39, 0.29) is 11.9 Å². The van der Waals surface area contributed by atoms with Crippen LogP contribution in [0.5, 0.6) is 0 Å². The Morgan fingerprint density at radius 1 is 1.06 bits per heavy atom. The third kappa shape index (κ3) is 5.86. The zero-order chi connectivity index (χ0) is 23.2. The van der Waals surface area contributed by atoms with Gasteiger partial charge in [0.1, 0.15) is 23.0 Å². The molecule has 0 unspecified atom stereocenters. The van der Waals surface area contributed by atoms with E-state index in [9.17, 15) is 4.79 Å². The highest BCUT2D eigenvalue weighted by Gasteiger charge is 2.17. The van der Waals surface area contributed by atoms with Crippen molar-refractivity contribution in [1.29, 1.82) is 0 Å². The van der Waals surface area contributed by atoms with Crippen LogP contribution in [-0.2, 0) is 4.74 Å². The number of benzene rings is 1. The summed E-state index contributed by atoms with van der Waals surface area (Å²) in [4.78, 5) is 28.1. The van der Waals surface area contributed by atoms with Gasteiger partial charge in [0.25, 0.3) is 5.91 Å². The molecule has 5 N–H and O–H groups in total. The molecule has 1 saturated heterocycles. The lowest BCUT2D eigenvalue weighted by Crippen LogP contribution is -2.36. The van der Waals surface area contributed by atoms with Gasteiger partial charge in [0.05, 0.1) is 13.2 Å². The van der Waals surface area contributed by atoms with Crippen LogP contribution in [0.3, 0.4) is 0 Å². The Bertz CT molecular complexity index is 1100. The first-order valence-electron chi connectivity index (χ1n) is 10.8. The topological polar surface area (TPSA) is 130 Å². The summed E-state index contributed by atoms with van der Waals surface area (Å²) in [5.41, 5.74) is 8.07. The number of carbonyl (C=O) groups excluding carboxylic acids is 1. The van der Waals surface area contributed by atoms with Crippen molar-refractivity contribution in [2.75, 3.05) is 47.6 Å². The Kier molecular flexibility index (Phi) is 6.84. The zero-order valence-corrected chi connectivity index (χ0v) is 18.7. The van der Waals surface area contributed by atoms with Crippen molar-refractivity contribution in [2.45, 2.75) is 19.9 Å². The van der Waals surface area contributed by atoms with Gasteiger partial charge >= 0.3 is 0 Å². The first kappa shape index (κ1) is 22.3. The van der Waals surface area contributed by atoms with Crippen LogP contribution in [0, 0.1) is 0 Å². The van der Waals surface area contributed by atoms with E-state index in [4.69, 9.17) is 10.5 Å². The summed E-state index contributed by atoms with van der Waals surface area (Å²) in [7, 11) is 0. The van der Waals surface area contributed by atoms with E-state index in [0.29, 0.717) is 29.0 Å². The molecule has 1 amide bonds. The lowest BCUT2D eigenvalue weighted by molar-refractivity contribution is 0.0943. The molecule has 0 aliphatic carbocycles. The van der Waals surface area contributed by atoms with Crippen LogP contribution in [0.1, 0.15) is 24.2 Å². The predicted molar refractivity (Wildman–Crippen MR) is 129 cm³/mol. The van der Waals surface area contributed by atoms with E-state index in [2.05, 4.69) is 35.8 Å². The van der Waals surface area contributed by atoms with Crippen LogP contribution in [0.15, 0.2) is 48.7 Å². The zero-order valence-electron chi connectivity index (χ0n) is 18.7. The number of hydrogen-bond donors (Lipinski definition) is 4. The Balaban J connectivity index is 1.56. The van der Waals surface area contributed by atoms with E-state index >= 15 is 0 Å². The van der Waals surface area contributed by atoms with Gasteiger partial charge in [0.15, 0.2) is 0 Å². The Hall–Kier alpha value is -3.92. The summed E-state index contributed by atoms with van der Waals surface area (Å²) in [6.07, 6.45) is 1.49. The summed E-state index contributed by atoms with van der Waals surface area (Å²) in [6, 6.07) is 13.2. The second-order valence-electron chi connectivity index (χ2n) is 7.93. The molecule has 0 saturated carbocycles. The van der Waals surface area contributed by atoms with Crippen LogP contribution in [0.2, 0.25) is 0 Å². The van der Waals surface area contributed by atoms with Gasteiger partial charge < -0.3 is 31.3 Å². The predicted octanol–water partition coefficient (Wildman–Crippen LogP) is 2.92. The van der Waals surface area contributed by atoms with Crippen molar-refractivity contribution in [3.63, 3.8) is 0 Å². The third-order valence-electron chi connectivity index (χ3n) is 4.97. The van der Waals surface area contributed by atoms with Crippen LogP contribution in [0.25, 0.3) is 0 Å². The highest BCUT2D eigenvalue weighted by atomic mass is 16.5. The summed E-state index contributed by atoms with van der Waals surface area (Å²) in [5, 5.41) is 9.15. The number of pyridine rings is 1. The molecular weight excluding hydrogens is 420 g/mol. The molecule has 10 nitrogen and oxygen atoms in total. The minimum absolute atomic E-state index is 0.0290. The maximum absolute atomic E-state index is 12.7. The number of rotatable bonds is 7. The van der Waals surface area contributed by atoms with Crippen molar-refractivity contribution < 1.29 is 9.53 Å². The number of ether oxygens (including phenoxy) is 1. The number of morpholine rings is 1. The molecule has 0 radical (unpaired) electrons. The van der Waals surface area contributed by atoms with Crippen molar-refractivity contribution >= 4 is 40.7 Å². The van der Waals surface area contributed by atoms with E-state index < -0.39 is 0 Å². The molecule has 172 valence electrons. The second kappa shape index (κ2) is 10.1. The van der Waals surface area contributed by atoms with Crippen LogP contribution in [0.4, 0.5) is 34.8 Å². The maximum atomic E-state index is 12.7. The van der Waals surface area contributed by atoms with Crippen molar-refractivity contribution in [1.82, 2.24) is 20.3 Å². The number of nitrogens with two attached hydrogens (primary N) is 1. The lowest BCUT2D eigenvalue weighted by atomic mass is 10.2. The fourth-order valence-electron chi connectivity index (χ4n) is 3.39. The maximum Gasteiger partial charge on any atom is 0.256 e. The summed E-state index contributed by atoms with van der Waals surface area (Å²) in [5.74, 6) is 1.24. The fourth-order valence-corrected chi connectivity index (χ4v) is 3.39. The number of nitrogen functional groups attached to an aromatic ring is 1. The molecule has 1 fully saturated rings. The normalized spacial score (nSPS) is 13.6. The summed E-state index contributed by atoms with van der Waals surface area (Å²) < 4.78 is 5.42. The van der Waals surface area contributed by atoms with Gasteiger partial charge in [-0.25, -0.2) is 9.97 Å². The molecule has 2 aromatic heterocycles. The van der Waals surface area contributed by atoms with Crippen molar-refractivity contribution in [3.8, 4) is 0 Å². The molecular formula is C23H28N8O2. The summed E-state index contributed by atoms with van der Waals surface area (Å²) in [6.45, 7) is 7.01. The lowest BCUT2D eigenvalue weighted by Gasteiger charge is -2.28. The molecule has 0 spiro atoms. The van der Waals surface area contributed by atoms with E-state index in [1.165, 1.54) is 6.20 Å². The smallest absolute Gasteiger partial charge is 0.256 e. The molecule has 0 atom stereocenters. The molecule has 33 heavy (non-hydrogen) atoms. The average Bonchev–Trinajstić information content (AvgIpc) is 2.80. The third-order valence-corrected chi connectivity index (χ3v) is 4.97. The van der Waals surface area contributed by atoms with Crippen molar-refractivity contribution in [2.24, 2.45) is 0 Å². The van der Waals surface area contributed by atoms with Gasteiger partial charge in [-0.15, -0.1) is 0 Å². The SMILES string of the molecule is CC(C)NC(=O)c1cnc(Nc2ccc(N3CCOCC3)cc2)nc1Nc1cccc(N)n1. The first-order chi connectivity index (χ1) is 16.0. The number of nitrogens with one attached hydrogen (secondary N) is 3. The molecule has 1 aliphatic rings. The minimum atomic E-state index is -0.280. The second-order valence-corrected chi connectivity index (χ2v) is 7.93. The molecule has 4 rings (SSSR count). The van der Waals surface area contributed by atoms with Crippen LogP contribution < -0.4 is 26.6 Å². The van der Waals surface area contributed by atoms with Crippen LogP contribution in [-0.4, -0.2) is 53.2 Å². The quantitative estimate of drug-likeness (QED) is 0.431. The minimum Gasteiger partial charge on any atom is -0.384 e. The Morgan fingerprint density at radius 3 is 2.52 bits per heavy atom. The Labute approximate surface area is 192 Å². The first-order valence-corrected chi connectivity index (χ1v) is 10.8. The number of amides is 1. The number of carbonyl (C=O) groups is 1. The number of aromatic nitrogens is 3. The van der Waals surface area contributed by atoms with E-state index in [1.54, 1.807) is 18.2 Å². The molecule has 0 bridgehead atoms. The van der Waals surface area contributed by atoms with Crippen molar-refractivity contribution in [3.05, 3.63) is 54.2 Å². The summed E-state index contributed by atoms with van der Waals surface area (Å²) >= 11 is 0. The fraction of sp³-hybridized carbons (Fsp3) is 0.304. The molecule has 1 aliphatic heterocycles. The van der Waals surface area contributed by atoms with Gasteiger partial charge in [-0.05, 0) is 50.2 Å². The highest BCUT2D eigenvalue weighted by Crippen LogP contribution is 2.23.